The Morgan fingerprint density at radius 2 is 2.44 bits per heavy atom. The van der Waals surface area contributed by atoms with Gasteiger partial charge in [-0.15, -0.1) is 11.3 Å². The van der Waals surface area contributed by atoms with Gasteiger partial charge in [0.2, 0.25) is 0 Å². The Kier molecular flexibility index (Phi) is 2.49. The molecule has 0 bridgehead atoms. The number of hydrogen-bond acceptors (Lipinski definition) is 2. The molecule has 0 saturated carbocycles. The molecule has 0 amide bonds. The Morgan fingerprint density at radius 3 is 2.67 bits per heavy atom. The normalized spacial score (nSPS) is 13.7. The van der Waals surface area contributed by atoms with Crippen LogP contribution in [0.3, 0.4) is 0 Å². The van der Waals surface area contributed by atoms with Gasteiger partial charge in [0.05, 0.1) is 0 Å². The van der Waals surface area contributed by atoms with E-state index < -0.39 is 0 Å². The quantitative estimate of drug-likeness (QED) is 0.764. The molecule has 0 aliphatic carbocycles. The van der Waals surface area contributed by atoms with Gasteiger partial charge in [-0.2, -0.15) is 0 Å². The average Bonchev–Trinajstić information content (AvgIpc) is 2.14. The second-order valence-electron chi connectivity index (χ2n) is 1.96. The summed E-state index contributed by atoms with van der Waals surface area (Å²) in [6, 6.07) is 2.31. The lowest BCUT2D eigenvalue weighted by molar-refractivity contribution is 0.838. The van der Waals surface area contributed by atoms with Crippen molar-refractivity contribution in [2.24, 2.45) is 5.73 Å². The zero-order valence-corrected chi connectivity index (χ0v) is 8.07. The summed E-state index contributed by atoms with van der Waals surface area (Å²) in [6.07, 6.45) is 0. The molecule has 2 N–H and O–H groups in total. The third-order valence-electron chi connectivity index (χ3n) is 1.04. The Morgan fingerprint density at radius 1 is 1.78 bits per heavy atom. The van der Waals surface area contributed by atoms with Crippen LogP contribution >= 0.6 is 33.9 Å². The van der Waals surface area contributed by atoms with Crippen LogP contribution in [0.15, 0.2) is 11.4 Å². The molecule has 1 nitrogen and oxygen atoms in total. The van der Waals surface area contributed by atoms with E-state index in [2.05, 4.69) is 34.0 Å². The van der Waals surface area contributed by atoms with Gasteiger partial charge in [0.1, 0.15) is 0 Å². The van der Waals surface area contributed by atoms with E-state index in [-0.39, 0.29) is 6.04 Å². The fraction of sp³-hybridized carbons (Fsp3) is 0.333. The highest BCUT2D eigenvalue weighted by Gasteiger charge is 2.00. The first kappa shape index (κ1) is 7.50. The molecular formula is C6H8INS. The van der Waals surface area contributed by atoms with Crippen LogP contribution in [0.5, 0.6) is 0 Å². The summed E-state index contributed by atoms with van der Waals surface area (Å²) < 4.78 is 1.28. The fourth-order valence-corrected chi connectivity index (χ4v) is 2.22. The fourth-order valence-electron chi connectivity index (χ4n) is 0.567. The summed E-state index contributed by atoms with van der Waals surface area (Å²) in [5, 5.41) is 2.11. The molecule has 0 saturated heterocycles. The molecule has 1 aromatic heterocycles. The Bertz CT molecular complexity index is 195. The van der Waals surface area contributed by atoms with E-state index in [0.29, 0.717) is 0 Å². The minimum absolute atomic E-state index is 0.193. The molecule has 9 heavy (non-hydrogen) atoms. The third-order valence-corrected chi connectivity index (χ3v) is 3.22. The van der Waals surface area contributed by atoms with Crippen LogP contribution in [-0.4, -0.2) is 0 Å². The third kappa shape index (κ3) is 1.91. The van der Waals surface area contributed by atoms with E-state index in [4.69, 9.17) is 5.73 Å². The van der Waals surface area contributed by atoms with Crippen molar-refractivity contribution in [3.63, 3.8) is 0 Å². The topological polar surface area (TPSA) is 26.0 Å². The van der Waals surface area contributed by atoms with Crippen molar-refractivity contribution in [1.29, 1.82) is 0 Å². The maximum Gasteiger partial charge on any atom is 0.0361 e. The van der Waals surface area contributed by atoms with Crippen molar-refractivity contribution < 1.29 is 0 Å². The average molecular weight is 253 g/mol. The predicted octanol–water partition coefficient (Wildman–Crippen LogP) is 2.37. The van der Waals surface area contributed by atoms with Crippen molar-refractivity contribution in [3.8, 4) is 0 Å². The molecule has 50 valence electrons. The van der Waals surface area contributed by atoms with Crippen molar-refractivity contribution >= 4 is 33.9 Å². The van der Waals surface area contributed by atoms with Crippen molar-refractivity contribution in [1.82, 2.24) is 0 Å². The highest BCUT2D eigenvalue weighted by atomic mass is 127. The van der Waals surface area contributed by atoms with Crippen molar-refractivity contribution in [2.45, 2.75) is 13.0 Å². The first-order valence-electron chi connectivity index (χ1n) is 2.69. The Balaban J connectivity index is 2.85. The van der Waals surface area contributed by atoms with Gasteiger partial charge >= 0.3 is 0 Å². The van der Waals surface area contributed by atoms with Crippen molar-refractivity contribution in [3.05, 3.63) is 19.9 Å². The summed E-state index contributed by atoms with van der Waals surface area (Å²) in [5.41, 5.74) is 5.63. The molecule has 1 aromatic rings. The SMILES string of the molecule is CC(N)c1cc(I)cs1. The van der Waals surface area contributed by atoms with Gasteiger partial charge in [-0.05, 0) is 35.6 Å². The second kappa shape index (κ2) is 2.98. The van der Waals surface area contributed by atoms with Gasteiger partial charge in [-0.25, -0.2) is 0 Å². The first-order chi connectivity index (χ1) is 4.20. The standard InChI is InChI=1S/C6H8INS/c1-4(8)6-2-5(7)3-9-6/h2-4H,8H2,1H3. The number of nitrogens with two attached hydrogens (primary N) is 1. The minimum atomic E-state index is 0.193. The molecule has 0 aliphatic heterocycles. The van der Waals surface area contributed by atoms with E-state index in [9.17, 15) is 0 Å². The van der Waals surface area contributed by atoms with Crippen LogP contribution in [0, 0.1) is 3.57 Å². The van der Waals surface area contributed by atoms with Gasteiger partial charge < -0.3 is 5.73 Å². The molecule has 0 aliphatic rings. The number of thiophene rings is 1. The van der Waals surface area contributed by atoms with Gasteiger partial charge in [0.25, 0.3) is 0 Å². The van der Waals surface area contributed by atoms with E-state index in [0.717, 1.165) is 0 Å². The van der Waals surface area contributed by atoms with Crippen LogP contribution in [0.2, 0.25) is 0 Å². The van der Waals surface area contributed by atoms with Crippen LogP contribution in [0.4, 0.5) is 0 Å². The molecule has 1 rings (SSSR count). The lowest BCUT2D eigenvalue weighted by atomic mass is 10.3. The number of halogens is 1. The summed E-state index contributed by atoms with van der Waals surface area (Å²) in [5.74, 6) is 0. The summed E-state index contributed by atoms with van der Waals surface area (Å²) in [6.45, 7) is 2.00. The van der Waals surface area contributed by atoms with Crippen LogP contribution in [0.25, 0.3) is 0 Å². The highest BCUT2D eigenvalue weighted by molar-refractivity contribution is 14.1. The summed E-state index contributed by atoms with van der Waals surface area (Å²) in [7, 11) is 0. The number of hydrogen-bond donors (Lipinski definition) is 1. The van der Waals surface area contributed by atoms with E-state index in [1.807, 2.05) is 6.92 Å². The predicted molar refractivity (Wildman–Crippen MR) is 49.6 cm³/mol. The Labute approximate surface area is 72.4 Å². The van der Waals surface area contributed by atoms with E-state index >= 15 is 0 Å². The number of rotatable bonds is 1. The lowest BCUT2D eigenvalue weighted by Crippen LogP contribution is -2.01. The minimum Gasteiger partial charge on any atom is -0.324 e. The molecule has 0 spiro atoms. The highest BCUT2D eigenvalue weighted by Crippen LogP contribution is 2.20. The van der Waals surface area contributed by atoms with Gasteiger partial charge in [0, 0.05) is 19.9 Å². The summed E-state index contributed by atoms with van der Waals surface area (Å²) in [4.78, 5) is 1.26. The van der Waals surface area contributed by atoms with Crippen LogP contribution in [0.1, 0.15) is 17.8 Å². The zero-order chi connectivity index (χ0) is 6.85. The Hall–Kier alpha value is 0.390. The molecule has 1 unspecified atom stereocenters. The van der Waals surface area contributed by atoms with Gasteiger partial charge in [-0.3, -0.25) is 0 Å². The van der Waals surface area contributed by atoms with Crippen LogP contribution < -0.4 is 5.73 Å². The largest absolute Gasteiger partial charge is 0.324 e. The molecule has 3 heteroatoms. The first-order valence-corrected chi connectivity index (χ1v) is 4.65. The maximum absolute atomic E-state index is 5.63. The second-order valence-corrected chi connectivity index (χ2v) is 4.14. The van der Waals surface area contributed by atoms with Crippen LogP contribution in [-0.2, 0) is 0 Å². The molecule has 1 heterocycles. The lowest BCUT2D eigenvalue weighted by Gasteiger charge is -1.96. The molecule has 0 fully saturated rings. The van der Waals surface area contributed by atoms with Gasteiger partial charge in [0.15, 0.2) is 0 Å². The van der Waals surface area contributed by atoms with E-state index in [1.54, 1.807) is 11.3 Å². The molecule has 0 aromatic carbocycles. The molecule has 0 radical (unpaired) electrons. The van der Waals surface area contributed by atoms with Crippen molar-refractivity contribution in [2.75, 3.05) is 0 Å². The smallest absolute Gasteiger partial charge is 0.0361 e. The monoisotopic (exact) mass is 253 g/mol. The van der Waals surface area contributed by atoms with E-state index in [1.165, 1.54) is 8.45 Å². The summed E-state index contributed by atoms with van der Waals surface area (Å²) >= 11 is 4.01. The molecule has 1 atom stereocenters. The molecular weight excluding hydrogens is 245 g/mol. The van der Waals surface area contributed by atoms with Gasteiger partial charge in [-0.1, -0.05) is 0 Å². The maximum atomic E-state index is 5.63. The zero-order valence-electron chi connectivity index (χ0n) is 5.10.